The predicted molar refractivity (Wildman–Crippen MR) is 82.3 cm³/mol. The molecule has 8 heteroatoms. The molecular weight excluding hydrogens is 294 g/mol. The van der Waals surface area contributed by atoms with E-state index < -0.39 is 4.92 Å². The molecule has 1 aromatic heterocycles. The van der Waals surface area contributed by atoms with Crippen molar-refractivity contribution in [2.75, 3.05) is 17.2 Å². The molecule has 2 rings (SSSR count). The van der Waals surface area contributed by atoms with Crippen molar-refractivity contribution in [2.45, 2.75) is 13.8 Å². The lowest BCUT2D eigenvalue weighted by Gasteiger charge is -2.10. The van der Waals surface area contributed by atoms with Gasteiger partial charge in [0, 0.05) is 6.54 Å². The average Bonchev–Trinajstić information content (AvgIpc) is 2.43. The third-order valence-corrected chi connectivity index (χ3v) is 3.05. The fourth-order valence-electron chi connectivity index (χ4n) is 1.80. The van der Waals surface area contributed by atoms with Crippen LogP contribution in [0.2, 0.25) is 5.02 Å². The van der Waals surface area contributed by atoms with Crippen LogP contribution in [0.15, 0.2) is 24.5 Å². The van der Waals surface area contributed by atoms with Crippen molar-refractivity contribution >= 4 is 34.6 Å². The first kappa shape index (κ1) is 15.0. The SMILES string of the molecule is CCNc1ncnc(Nc2cc(C)ccc2Cl)c1[N+](=O)[O-]. The molecule has 21 heavy (non-hydrogen) atoms. The van der Waals surface area contributed by atoms with Gasteiger partial charge in [-0.3, -0.25) is 10.1 Å². The Hall–Kier alpha value is -2.41. The van der Waals surface area contributed by atoms with Gasteiger partial charge in [0.2, 0.25) is 11.6 Å². The number of anilines is 3. The van der Waals surface area contributed by atoms with Crippen LogP contribution < -0.4 is 10.6 Å². The number of nitro groups is 1. The molecule has 0 aliphatic heterocycles. The van der Waals surface area contributed by atoms with Crippen molar-refractivity contribution < 1.29 is 4.92 Å². The monoisotopic (exact) mass is 307 g/mol. The Kier molecular flexibility index (Phi) is 4.54. The van der Waals surface area contributed by atoms with Gasteiger partial charge in [-0.15, -0.1) is 0 Å². The molecule has 1 heterocycles. The standard InChI is InChI=1S/C13H14ClN5O2/c1-3-15-12-11(19(20)21)13(17-7-16-12)18-10-6-8(2)4-5-9(10)14/h4-7H,3H2,1-2H3,(H2,15,16,17,18). The molecule has 0 radical (unpaired) electrons. The highest BCUT2D eigenvalue weighted by molar-refractivity contribution is 6.33. The van der Waals surface area contributed by atoms with Crippen LogP contribution in [0.1, 0.15) is 12.5 Å². The molecule has 0 spiro atoms. The van der Waals surface area contributed by atoms with Gasteiger partial charge in [0.25, 0.3) is 0 Å². The third kappa shape index (κ3) is 3.38. The molecule has 0 bridgehead atoms. The Morgan fingerprint density at radius 1 is 1.33 bits per heavy atom. The van der Waals surface area contributed by atoms with E-state index in [0.29, 0.717) is 17.3 Å². The molecule has 0 saturated carbocycles. The van der Waals surface area contributed by atoms with Crippen molar-refractivity contribution in [3.05, 3.63) is 45.2 Å². The summed E-state index contributed by atoms with van der Waals surface area (Å²) >= 11 is 6.09. The molecular formula is C13H14ClN5O2. The Labute approximate surface area is 126 Å². The summed E-state index contributed by atoms with van der Waals surface area (Å²) in [5.74, 6) is 0.266. The molecule has 110 valence electrons. The fraction of sp³-hybridized carbons (Fsp3) is 0.231. The van der Waals surface area contributed by atoms with Gasteiger partial charge in [-0.1, -0.05) is 17.7 Å². The van der Waals surface area contributed by atoms with Gasteiger partial charge in [-0.2, -0.15) is 0 Å². The summed E-state index contributed by atoms with van der Waals surface area (Å²) in [6.07, 6.45) is 1.26. The van der Waals surface area contributed by atoms with E-state index in [9.17, 15) is 10.1 Å². The van der Waals surface area contributed by atoms with Crippen molar-refractivity contribution in [2.24, 2.45) is 0 Å². The zero-order chi connectivity index (χ0) is 15.4. The van der Waals surface area contributed by atoms with Gasteiger partial charge in [0.1, 0.15) is 6.33 Å². The highest BCUT2D eigenvalue weighted by atomic mass is 35.5. The normalized spacial score (nSPS) is 10.2. The summed E-state index contributed by atoms with van der Waals surface area (Å²) in [6.45, 7) is 4.25. The minimum Gasteiger partial charge on any atom is -0.364 e. The van der Waals surface area contributed by atoms with E-state index in [0.717, 1.165) is 5.56 Å². The fourth-order valence-corrected chi connectivity index (χ4v) is 1.97. The Morgan fingerprint density at radius 2 is 2.05 bits per heavy atom. The molecule has 7 nitrogen and oxygen atoms in total. The number of nitrogens with zero attached hydrogens (tertiary/aromatic N) is 3. The van der Waals surface area contributed by atoms with E-state index in [1.54, 1.807) is 12.1 Å². The maximum absolute atomic E-state index is 11.3. The summed E-state index contributed by atoms with van der Waals surface area (Å²) in [6, 6.07) is 5.37. The number of rotatable bonds is 5. The summed E-state index contributed by atoms with van der Waals surface area (Å²) in [5.41, 5.74) is 1.32. The number of nitrogens with one attached hydrogen (secondary N) is 2. The highest BCUT2D eigenvalue weighted by Gasteiger charge is 2.23. The lowest BCUT2D eigenvalue weighted by Crippen LogP contribution is -2.07. The van der Waals surface area contributed by atoms with E-state index in [4.69, 9.17) is 11.6 Å². The number of hydrogen-bond donors (Lipinski definition) is 2. The Bertz CT molecular complexity index is 678. The number of halogens is 1. The average molecular weight is 308 g/mol. The number of benzene rings is 1. The number of aryl methyl sites for hydroxylation is 1. The van der Waals surface area contributed by atoms with Crippen LogP contribution in [0.4, 0.5) is 23.0 Å². The molecule has 0 unspecified atom stereocenters. The lowest BCUT2D eigenvalue weighted by atomic mass is 10.2. The van der Waals surface area contributed by atoms with Gasteiger partial charge in [0.05, 0.1) is 15.6 Å². The topological polar surface area (TPSA) is 93.0 Å². The maximum atomic E-state index is 11.3. The van der Waals surface area contributed by atoms with E-state index in [1.807, 2.05) is 19.9 Å². The van der Waals surface area contributed by atoms with Crippen LogP contribution in [0.5, 0.6) is 0 Å². The molecule has 0 aliphatic carbocycles. The zero-order valence-corrected chi connectivity index (χ0v) is 12.3. The lowest BCUT2D eigenvalue weighted by molar-refractivity contribution is -0.383. The second kappa shape index (κ2) is 6.36. The van der Waals surface area contributed by atoms with Crippen molar-refractivity contribution in [3.63, 3.8) is 0 Å². The molecule has 0 atom stereocenters. The smallest absolute Gasteiger partial charge is 0.353 e. The second-order valence-electron chi connectivity index (χ2n) is 4.32. The third-order valence-electron chi connectivity index (χ3n) is 2.72. The number of aromatic nitrogens is 2. The van der Waals surface area contributed by atoms with E-state index in [-0.39, 0.29) is 17.3 Å². The van der Waals surface area contributed by atoms with Crippen LogP contribution >= 0.6 is 11.6 Å². The van der Waals surface area contributed by atoms with Crippen LogP contribution in [0.3, 0.4) is 0 Å². The molecule has 2 N–H and O–H groups in total. The quantitative estimate of drug-likeness (QED) is 0.648. The summed E-state index contributed by atoms with van der Waals surface area (Å²) in [5, 5.41) is 17.5. The number of hydrogen-bond acceptors (Lipinski definition) is 6. The van der Waals surface area contributed by atoms with Gasteiger partial charge in [0.15, 0.2) is 0 Å². The Balaban J connectivity index is 2.46. The first-order valence-electron chi connectivity index (χ1n) is 6.29. The second-order valence-corrected chi connectivity index (χ2v) is 4.72. The van der Waals surface area contributed by atoms with E-state index in [2.05, 4.69) is 20.6 Å². The molecule has 1 aromatic carbocycles. The van der Waals surface area contributed by atoms with Crippen LogP contribution in [0.25, 0.3) is 0 Å². The minimum atomic E-state index is -0.524. The molecule has 0 aliphatic rings. The molecule has 0 amide bonds. The summed E-state index contributed by atoms with van der Waals surface area (Å²) in [7, 11) is 0. The Morgan fingerprint density at radius 3 is 2.71 bits per heavy atom. The van der Waals surface area contributed by atoms with Crippen LogP contribution in [0, 0.1) is 17.0 Å². The highest BCUT2D eigenvalue weighted by Crippen LogP contribution is 2.33. The summed E-state index contributed by atoms with van der Waals surface area (Å²) < 4.78 is 0. The van der Waals surface area contributed by atoms with E-state index >= 15 is 0 Å². The first-order valence-corrected chi connectivity index (χ1v) is 6.67. The first-order chi connectivity index (χ1) is 10.0. The van der Waals surface area contributed by atoms with Gasteiger partial charge >= 0.3 is 5.69 Å². The van der Waals surface area contributed by atoms with Crippen molar-refractivity contribution in [1.82, 2.24) is 9.97 Å². The van der Waals surface area contributed by atoms with Crippen LogP contribution in [-0.4, -0.2) is 21.4 Å². The molecule has 2 aromatic rings. The van der Waals surface area contributed by atoms with Gasteiger partial charge < -0.3 is 10.6 Å². The minimum absolute atomic E-state index is 0.0958. The summed E-state index contributed by atoms with van der Waals surface area (Å²) in [4.78, 5) is 18.6. The zero-order valence-electron chi connectivity index (χ0n) is 11.6. The van der Waals surface area contributed by atoms with Gasteiger partial charge in [-0.05, 0) is 31.5 Å². The van der Waals surface area contributed by atoms with Crippen LogP contribution in [-0.2, 0) is 0 Å². The van der Waals surface area contributed by atoms with Crippen molar-refractivity contribution in [1.29, 1.82) is 0 Å². The van der Waals surface area contributed by atoms with Crippen molar-refractivity contribution in [3.8, 4) is 0 Å². The maximum Gasteiger partial charge on any atom is 0.353 e. The molecule has 0 fully saturated rings. The largest absolute Gasteiger partial charge is 0.364 e. The predicted octanol–water partition coefficient (Wildman–Crippen LogP) is 3.52. The van der Waals surface area contributed by atoms with Gasteiger partial charge in [-0.25, -0.2) is 9.97 Å². The molecule has 0 saturated heterocycles. The van der Waals surface area contributed by atoms with E-state index in [1.165, 1.54) is 6.33 Å².